The van der Waals surface area contributed by atoms with E-state index in [2.05, 4.69) is 15.1 Å². The Morgan fingerprint density at radius 2 is 1.75 bits per heavy atom. The Labute approximate surface area is 190 Å². The number of ether oxygens (including phenoxy) is 1. The minimum Gasteiger partial charge on any atom is -0.497 e. The second kappa shape index (κ2) is 8.51. The third kappa shape index (κ3) is 3.87. The third-order valence-electron chi connectivity index (χ3n) is 5.74. The summed E-state index contributed by atoms with van der Waals surface area (Å²) in [5.74, 6) is 1.54. The van der Waals surface area contributed by atoms with Crippen molar-refractivity contribution in [1.82, 2.24) is 19.5 Å². The van der Waals surface area contributed by atoms with Crippen LogP contribution in [0.4, 0.5) is 5.69 Å². The minimum absolute atomic E-state index is 0.00851. The molecule has 0 unspecified atom stereocenters. The first-order valence-electron chi connectivity index (χ1n) is 10.4. The van der Waals surface area contributed by atoms with E-state index in [1.54, 1.807) is 13.2 Å². The molecule has 0 bridgehead atoms. The fraction of sp³-hybridized carbons (Fsp3) is 0.208. The Hall–Kier alpha value is -3.58. The average Bonchev–Trinajstić information content (AvgIpc) is 3.27. The van der Waals surface area contributed by atoms with E-state index in [9.17, 15) is 4.79 Å². The quantitative estimate of drug-likeness (QED) is 0.473. The van der Waals surface area contributed by atoms with Gasteiger partial charge in [0.25, 0.3) is 5.91 Å². The molecule has 2 aromatic carbocycles. The molecule has 32 heavy (non-hydrogen) atoms. The van der Waals surface area contributed by atoms with Crippen LogP contribution in [-0.4, -0.2) is 58.7 Å². The van der Waals surface area contributed by atoms with Crippen molar-refractivity contribution in [1.29, 1.82) is 0 Å². The number of nitrogens with zero attached hydrogens (tertiary/aromatic N) is 5. The van der Waals surface area contributed by atoms with Gasteiger partial charge in [-0.3, -0.25) is 9.20 Å². The number of hydrogen-bond acceptors (Lipinski definition) is 5. The SMILES string of the molecule is COc1ccc(N2CCN(C(=O)c3ccn4c(-c5cccc(Cl)c5)nnc4c3)CC2)cc1. The second-order valence-electron chi connectivity index (χ2n) is 7.65. The number of rotatable bonds is 4. The molecule has 0 aliphatic carbocycles. The molecule has 162 valence electrons. The number of benzene rings is 2. The largest absolute Gasteiger partial charge is 0.497 e. The maximum Gasteiger partial charge on any atom is 0.254 e. The summed E-state index contributed by atoms with van der Waals surface area (Å²) < 4.78 is 7.09. The number of fused-ring (bicyclic) bond motifs is 1. The Balaban J connectivity index is 1.30. The number of amides is 1. The van der Waals surface area contributed by atoms with Crippen LogP contribution in [0.1, 0.15) is 10.4 Å². The highest BCUT2D eigenvalue weighted by atomic mass is 35.5. The van der Waals surface area contributed by atoms with E-state index < -0.39 is 0 Å². The van der Waals surface area contributed by atoms with Crippen LogP contribution in [0, 0.1) is 0 Å². The van der Waals surface area contributed by atoms with E-state index in [1.807, 2.05) is 70.1 Å². The van der Waals surface area contributed by atoms with Crippen molar-refractivity contribution in [3.63, 3.8) is 0 Å². The fourth-order valence-corrected chi connectivity index (χ4v) is 4.18. The topological polar surface area (TPSA) is 63.0 Å². The van der Waals surface area contributed by atoms with Gasteiger partial charge in [0, 0.05) is 54.2 Å². The van der Waals surface area contributed by atoms with Gasteiger partial charge in [0.15, 0.2) is 11.5 Å². The molecule has 4 aromatic rings. The molecule has 0 N–H and O–H groups in total. The van der Waals surface area contributed by atoms with Crippen LogP contribution in [-0.2, 0) is 0 Å². The van der Waals surface area contributed by atoms with Gasteiger partial charge < -0.3 is 14.5 Å². The molecule has 1 aliphatic heterocycles. The monoisotopic (exact) mass is 447 g/mol. The average molecular weight is 448 g/mol. The molecule has 2 aromatic heterocycles. The summed E-state index contributed by atoms with van der Waals surface area (Å²) in [6, 6.07) is 19.1. The number of methoxy groups -OCH3 is 1. The molecule has 1 saturated heterocycles. The number of anilines is 1. The van der Waals surface area contributed by atoms with Crippen molar-refractivity contribution in [3.8, 4) is 17.1 Å². The Bertz CT molecular complexity index is 1260. The zero-order chi connectivity index (χ0) is 22.1. The van der Waals surface area contributed by atoms with Crippen LogP contribution >= 0.6 is 11.6 Å². The van der Waals surface area contributed by atoms with Gasteiger partial charge in [0.2, 0.25) is 0 Å². The summed E-state index contributed by atoms with van der Waals surface area (Å²) in [6.45, 7) is 2.89. The standard InChI is InChI=1S/C24H22ClN5O2/c1-32-21-7-5-20(6-8-21)28-11-13-29(14-12-28)24(31)18-9-10-30-22(16-18)26-27-23(30)17-3-2-4-19(25)15-17/h2-10,15-16H,11-14H2,1H3. The molecule has 1 aliphatic rings. The van der Waals surface area contributed by atoms with Gasteiger partial charge in [-0.05, 0) is 48.5 Å². The predicted molar refractivity (Wildman–Crippen MR) is 125 cm³/mol. The van der Waals surface area contributed by atoms with Crippen molar-refractivity contribution in [2.75, 3.05) is 38.2 Å². The number of hydrogen-bond donors (Lipinski definition) is 0. The summed E-state index contributed by atoms with van der Waals surface area (Å²) >= 11 is 6.11. The first-order chi connectivity index (χ1) is 15.6. The van der Waals surface area contributed by atoms with Crippen LogP contribution in [0.2, 0.25) is 5.02 Å². The maximum atomic E-state index is 13.1. The molecule has 0 spiro atoms. The van der Waals surface area contributed by atoms with E-state index in [4.69, 9.17) is 16.3 Å². The van der Waals surface area contributed by atoms with E-state index in [1.165, 1.54) is 0 Å². The van der Waals surface area contributed by atoms with Gasteiger partial charge in [0.05, 0.1) is 7.11 Å². The smallest absolute Gasteiger partial charge is 0.254 e. The Morgan fingerprint density at radius 1 is 0.969 bits per heavy atom. The highest BCUT2D eigenvalue weighted by molar-refractivity contribution is 6.30. The highest BCUT2D eigenvalue weighted by Crippen LogP contribution is 2.23. The molecule has 7 nitrogen and oxygen atoms in total. The normalized spacial score (nSPS) is 14.1. The van der Waals surface area contributed by atoms with Crippen molar-refractivity contribution in [2.24, 2.45) is 0 Å². The predicted octanol–water partition coefficient (Wildman–Crippen LogP) is 4.02. The van der Waals surface area contributed by atoms with Gasteiger partial charge in [-0.1, -0.05) is 23.7 Å². The molecular formula is C24H22ClN5O2. The number of carbonyl (C=O) groups excluding carboxylic acids is 1. The number of carbonyl (C=O) groups is 1. The lowest BCUT2D eigenvalue weighted by atomic mass is 10.2. The summed E-state index contributed by atoms with van der Waals surface area (Å²) in [7, 11) is 1.66. The Kier molecular flexibility index (Phi) is 5.41. The fourth-order valence-electron chi connectivity index (χ4n) is 3.99. The van der Waals surface area contributed by atoms with Crippen LogP contribution in [0.3, 0.4) is 0 Å². The first kappa shape index (κ1) is 20.3. The summed E-state index contributed by atoms with van der Waals surface area (Å²) in [4.78, 5) is 17.3. The summed E-state index contributed by atoms with van der Waals surface area (Å²) in [5, 5.41) is 9.19. The van der Waals surface area contributed by atoms with E-state index in [0.29, 0.717) is 35.1 Å². The molecule has 3 heterocycles. The zero-order valence-electron chi connectivity index (χ0n) is 17.6. The van der Waals surface area contributed by atoms with Crippen molar-refractivity contribution >= 4 is 28.8 Å². The molecule has 1 fully saturated rings. The van der Waals surface area contributed by atoms with Gasteiger partial charge in [-0.15, -0.1) is 10.2 Å². The lowest BCUT2D eigenvalue weighted by Crippen LogP contribution is -2.48. The van der Waals surface area contributed by atoms with Crippen molar-refractivity contribution < 1.29 is 9.53 Å². The number of aromatic nitrogens is 3. The first-order valence-corrected chi connectivity index (χ1v) is 10.8. The van der Waals surface area contributed by atoms with E-state index >= 15 is 0 Å². The van der Waals surface area contributed by atoms with Gasteiger partial charge in [-0.25, -0.2) is 0 Å². The molecule has 1 amide bonds. The Morgan fingerprint density at radius 3 is 2.47 bits per heavy atom. The molecule has 5 rings (SSSR count). The summed E-state index contributed by atoms with van der Waals surface area (Å²) in [5.41, 5.74) is 3.25. The third-order valence-corrected chi connectivity index (χ3v) is 5.98. The van der Waals surface area contributed by atoms with Gasteiger partial charge in [0.1, 0.15) is 5.75 Å². The highest BCUT2D eigenvalue weighted by Gasteiger charge is 2.23. The second-order valence-corrected chi connectivity index (χ2v) is 8.09. The van der Waals surface area contributed by atoms with E-state index in [0.717, 1.165) is 30.1 Å². The molecule has 8 heteroatoms. The van der Waals surface area contributed by atoms with Crippen LogP contribution in [0.5, 0.6) is 5.75 Å². The van der Waals surface area contributed by atoms with Crippen molar-refractivity contribution in [3.05, 3.63) is 77.4 Å². The van der Waals surface area contributed by atoms with Crippen molar-refractivity contribution in [2.45, 2.75) is 0 Å². The van der Waals surface area contributed by atoms with Crippen LogP contribution < -0.4 is 9.64 Å². The lowest BCUT2D eigenvalue weighted by Gasteiger charge is -2.36. The summed E-state index contributed by atoms with van der Waals surface area (Å²) in [6.07, 6.45) is 1.84. The zero-order valence-corrected chi connectivity index (χ0v) is 18.4. The number of pyridine rings is 1. The maximum absolute atomic E-state index is 13.1. The number of piperazine rings is 1. The van der Waals surface area contributed by atoms with Crippen LogP contribution in [0.25, 0.3) is 17.0 Å². The molecule has 0 atom stereocenters. The molecule has 0 saturated carbocycles. The lowest BCUT2D eigenvalue weighted by molar-refractivity contribution is 0.0747. The van der Waals surface area contributed by atoms with E-state index in [-0.39, 0.29) is 5.91 Å². The van der Waals surface area contributed by atoms with Gasteiger partial charge in [-0.2, -0.15) is 0 Å². The molecule has 0 radical (unpaired) electrons. The number of halogens is 1. The van der Waals surface area contributed by atoms with Gasteiger partial charge >= 0.3 is 0 Å². The molecular weight excluding hydrogens is 426 g/mol. The minimum atomic E-state index is 0.00851. The van der Waals surface area contributed by atoms with Crippen LogP contribution in [0.15, 0.2) is 66.9 Å².